The summed E-state index contributed by atoms with van der Waals surface area (Å²) < 4.78 is 6.91. The first-order valence-corrected chi connectivity index (χ1v) is 5.64. The standard InChI is InChI=1S/C8H11ClN2OS/c1-12-6-5-10-11(8(6)9)7-3-2-4-13-7/h5,7H,2-4H2,1H3. The van der Waals surface area contributed by atoms with Gasteiger partial charge in [-0.25, -0.2) is 4.68 Å². The average molecular weight is 219 g/mol. The van der Waals surface area contributed by atoms with Gasteiger partial charge in [-0.05, 0) is 18.6 Å². The summed E-state index contributed by atoms with van der Waals surface area (Å²) >= 11 is 7.96. The van der Waals surface area contributed by atoms with Crippen molar-refractivity contribution in [2.75, 3.05) is 12.9 Å². The molecule has 2 rings (SSSR count). The number of halogens is 1. The normalized spacial score (nSPS) is 22.2. The van der Waals surface area contributed by atoms with Crippen molar-refractivity contribution in [1.82, 2.24) is 9.78 Å². The molecular formula is C8H11ClN2OS. The molecule has 1 aromatic rings. The van der Waals surface area contributed by atoms with E-state index in [0.717, 1.165) is 6.42 Å². The van der Waals surface area contributed by atoms with Crippen molar-refractivity contribution >= 4 is 23.4 Å². The number of hydrogen-bond donors (Lipinski definition) is 0. The molecule has 1 unspecified atom stereocenters. The molecule has 0 saturated carbocycles. The highest BCUT2D eigenvalue weighted by atomic mass is 35.5. The van der Waals surface area contributed by atoms with E-state index in [1.54, 1.807) is 13.3 Å². The first kappa shape index (κ1) is 9.21. The summed E-state index contributed by atoms with van der Waals surface area (Å²) in [7, 11) is 1.61. The van der Waals surface area contributed by atoms with Gasteiger partial charge in [-0.15, -0.1) is 11.8 Å². The number of hydrogen-bond acceptors (Lipinski definition) is 3. The van der Waals surface area contributed by atoms with E-state index in [1.807, 2.05) is 16.4 Å². The molecule has 0 aliphatic carbocycles. The minimum atomic E-state index is 0.399. The summed E-state index contributed by atoms with van der Waals surface area (Å²) in [6, 6.07) is 0. The summed E-state index contributed by atoms with van der Waals surface area (Å²) in [6.07, 6.45) is 4.06. The summed E-state index contributed by atoms with van der Waals surface area (Å²) in [5, 5.41) is 5.22. The second kappa shape index (κ2) is 3.80. The van der Waals surface area contributed by atoms with Crippen LogP contribution in [0.3, 0.4) is 0 Å². The van der Waals surface area contributed by atoms with E-state index in [2.05, 4.69) is 5.10 Å². The van der Waals surface area contributed by atoms with Crippen LogP contribution >= 0.6 is 23.4 Å². The molecule has 1 aromatic heterocycles. The van der Waals surface area contributed by atoms with Crippen molar-refractivity contribution in [2.45, 2.75) is 18.2 Å². The van der Waals surface area contributed by atoms with Crippen LogP contribution < -0.4 is 4.74 Å². The van der Waals surface area contributed by atoms with Crippen molar-refractivity contribution in [3.63, 3.8) is 0 Å². The van der Waals surface area contributed by atoms with Crippen LogP contribution in [0, 0.1) is 0 Å². The molecular weight excluding hydrogens is 208 g/mol. The Balaban J connectivity index is 2.24. The maximum atomic E-state index is 6.07. The summed E-state index contributed by atoms with van der Waals surface area (Å²) in [4.78, 5) is 0. The molecule has 5 heteroatoms. The van der Waals surface area contributed by atoms with E-state index in [1.165, 1.54) is 12.2 Å². The maximum Gasteiger partial charge on any atom is 0.175 e. The molecule has 0 aromatic carbocycles. The Labute approximate surface area is 86.4 Å². The first-order chi connectivity index (χ1) is 6.33. The molecule has 1 fully saturated rings. The highest BCUT2D eigenvalue weighted by Gasteiger charge is 2.21. The zero-order valence-corrected chi connectivity index (χ0v) is 8.94. The van der Waals surface area contributed by atoms with Crippen LogP contribution in [-0.2, 0) is 0 Å². The molecule has 2 heterocycles. The fraction of sp³-hybridized carbons (Fsp3) is 0.625. The third-order valence-corrected chi connectivity index (χ3v) is 3.81. The lowest BCUT2D eigenvalue weighted by Crippen LogP contribution is -2.03. The number of thioether (sulfide) groups is 1. The Hall–Kier alpha value is -0.350. The zero-order chi connectivity index (χ0) is 9.26. The summed E-state index contributed by atoms with van der Waals surface area (Å²) in [6.45, 7) is 0. The molecule has 0 radical (unpaired) electrons. The Morgan fingerprint density at radius 2 is 2.62 bits per heavy atom. The van der Waals surface area contributed by atoms with Crippen LogP contribution in [0.5, 0.6) is 5.75 Å². The minimum Gasteiger partial charge on any atom is -0.492 e. The molecule has 1 saturated heterocycles. The van der Waals surface area contributed by atoms with Gasteiger partial charge in [0.05, 0.1) is 18.7 Å². The van der Waals surface area contributed by atoms with Crippen LogP contribution in [0.25, 0.3) is 0 Å². The van der Waals surface area contributed by atoms with E-state index in [0.29, 0.717) is 16.3 Å². The fourth-order valence-electron chi connectivity index (χ4n) is 1.42. The highest BCUT2D eigenvalue weighted by Crippen LogP contribution is 2.39. The molecule has 0 bridgehead atoms. The number of aromatic nitrogens is 2. The van der Waals surface area contributed by atoms with E-state index in [4.69, 9.17) is 16.3 Å². The second-order valence-electron chi connectivity index (χ2n) is 2.92. The Kier molecular flexibility index (Phi) is 2.69. The predicted octanol–water partition coefficient (Wildman–Crippen LogP) is 2.57. The average Bonchev–Trinajstić information content (AvgIpc) is 2.72. The molecule has 1 atom stereocenters. The maximum absolute atomic E-state index is 6.07. The van der Waals surface area contributed by atoms with Gasteiger partial charge in [0, 0.05) is 0 Å². The quantitative estimate of drug-likeness (QED) is 0.764. The lowest BCUT2D eigenvalue weighted by Gasteiger charge is -2.09. The van der Waals surface area contributed by atoms with Crippen LogP contribution in [0.1, 0.15) is 18.2 Å². The Morgan fingerprint density at radius 1 is 1.77 bits per heavy atom. The van der Waals surface area contributed by atoms with Gasteiger partial charge in [0.15, 0.2) is 10.9 Å². The number of methoxy groups -OCH3 is 1. The number of ether oxygens (including phenoxy) is 1. The van der Waals surface area contributed by atoms with Crippen LogP contribution in [0.2, 0.25) is 5.15 Å². The first-order valence-electron chi connectivity index (χ1n) is 4.21. The van der Waals surface area contributed by atoms with E-state index < -0.39 is 0 Å². The number of nitrogens with zero attached hydrogens (tertiary/aromatic N) is 2. The van der Waals surface area contributed by atoms with Crippen molar-refractivity contribution in [1.29, 1.82) is 0 Å². The number of rotatable bonds is 2. The van der Waals surface area contributed by atoms with E-state index in [-0.39, 0.29) is 0 Å². The van der Waals surface area contributed by atoms with E-state index in [9.17, 15) is 0 Å². The fourth-order valence-corrected chi connectivity index (χ4v) is 3.01. The zero-order valence-electron chi connectivity index (χ0n) is 7.36. The smallest absolute Gasteiger partial charge is 0.175 e. The van der Waals surface area contributed by atoms with Gasteiger partial charge < -0.3 is 4.74 Å². The SMILES string of the molecule is COc1cnn(C2CCCS2)c1Cl. The van der Waals surface area contributed by atoms with Gasteiger partial charge in [0.1, 0.15) is 0 Å². The monoisotopic (exact) mass is 218 g/mol. The van der Waals surface area contributed by atoms with Gasteiger partial charge in [-0.1, -0.05) is 11.6 Å². The highest BCUT2D eigenvalue weighted by molar-refractivity contribution is 7.99. The van der Waals surface area contributed by atoms with Gasteiger partial charge in [-0.3, -0.25) is 0 Å². The van der Waals surface area contributed by atoms with Crippen molar-refractivity contribution in [3.05, 3.63) is 11.3 Å². The van der Waals surface area contributed by atoms with Gasteiger partial charge >= 0.3 is 0 Å². The molecule has 3 nitrogen and oxygen atoms in total. The molecule has 1 aliphatic rings. The minimum absolute atomic E-state index is 0.399. The lowest BCUT2D eigenvalue weighted by atomic mass is 10.3. The Morgan fingerprint density at radius 3 is 3.15 bits per heavy atom. The Bertz CT molecular complexity index is 296. The van der Waals surface area contributed by atoms with Gasteiger partial charge in [0.25, 0.3) is 0 Å². The largest absolute Gasteiger partial charge is 0.492 e. The third kappa shape index (κ3) is 1.65. The molecule has 0 amide bonds. The van der Waals surface area contributed by atoms with Crippen molar-refractivity contribution in [2.24, 2.45) is 0 Å². The molecule has 13 heavy (non-hydrogen) atoms. The van der Waals surface area contributed by atoms with E-state index >= 15 is 0 Å². The third-order valence-electron chi connectivity index (χ3n) is 2.10. The summed E-state index contributed by atoms with van der Waals surface area (Å²) in [5.74, 6) is 1.86. The van der Waals surface area contributed by atoms with Gasteiger partial charge in [0.2, 0.25) is 0 Å². The second-order valence-corrected chi connectivity index (χ2v) is 4.56. The molecule has 0 spiro atoms. The predicted molar refractivity (Wildman–Crippen MR) is 54.5 cm³/mol. The van der Waals surface area contributed by atoms with Crippen LogP contribution in [0.4, 0.5) is 0 Å². The van der Waals surface area contributed by atoms with Crippen LogP contribution in [-0.4, -0.2) is 22.6 Å². The van der Waals surface area contributed by atoms with Crippen LogP contribution in [0.15, 0.2) is 6.20 Å². The van der Waals surface area contributed by atoms with Crippen molar-refractivity contribution in [3.8, 4) is 5.75 Å². The molecule has 72 valence electrons. The summed E-state index contributed by atoms with van der Waals surface area (Å²) in [5.41, 5.74) is 0. The topological polar surface area (TPSA) is 27.1 Å². The van der Waals surface area contributed by atoms with Gasteiger partial charge in [-0.2, -0.15) is 5.10 Å². The lowest BCUT2D eigenvalue weighted by molar-refractivity contribution is 0.414. The molecule has 1 aliphatic heterocycles. The van der Waals surface area contributed by atoms with Crippen molar-refractivity contribution < 1.29 is 4.74 Å². The molecule has 0 N–H and O–H groups in total.